The summed E-state index contributed by atoms with van der Waals surface area (Å²) >= 11 is 6.13. The Morgan fingerprint density at radius 2 is 2.00 bits per heavy atom. The number of nitrogens with zero attached hydrogens (tertiary/aromatic N) is 5. The van der Waals surface area contributed by atoms with Crippen molar-refractivity contribution < 1.29 is 22.7 Å². The van der Waals surface area contributed by atoms with E-state index < -0.39 is 12.3 Å². The average molecular weight is 439 g/mol. The number of benzene rings is 2. The highest BCUT2D eigenvalue weighted by Crippen LogP contribution is 2.25. The largest absolute Gasteiger partial charge is 0.573 e. The molecule has 30 heavy (non-hydrogen) atoms. The van der Waals surface area contributed by atoms with Crippen molar-refractivity contribution in [2.45, 2.75) is 12.9 Å². The van der Waals surface area contributed by atoms with E-state index in [-0.39, 0.29) is 22.9 Å². The molecule has 3 aromatic rings. The molecule has 0 aliphatic carbocycles. The Balaban J connectivity index is 1.65. The number of halogens is 4. The number of carbonyl (C=O) groups excluding carboxylic acids is 1. The maximum Gasteiger partial charge on any atom is 0.573 e. The van der Waals surface area contributed by atoms with Crippen LogP contribution in [-0.4, -0.2) is 27.0 Å². The van der Waals surface area contributed by atoms with Crippen molar-refractivity contribution in [2.24, 2.45) is 5.11 Å². The van der Waals surface area contributed by atoms with Crippen LogP contribution in [0.2, 0.25) is 5.02 Å². The fourth-order valence-electron chi connectivity index (χ4n) is 2.37. The standard InChI is InChI=1S/C17H11ClF3N7O2/c18-13-7-10(16(29)25-27-22)1-6-14(13)23-8-15-24-9-28(26-15)11-2-4-12(5-3-11)30-17(19,20)21/h1-7,9,22H,8H2/p+1. The third-order valence-electron chi connectivity index (χ3n) is 3.67. The van der Waals surface area contributed by atoms with Crippen molar-refractivity contribution in [1.29, 1.82) is 5.53 Å². The van der Waals surface area contributed by atoms with Gasteiger partial charge >= 0.3 is 12.3 Å². The van der Waals surface area contributed by atoms with E-state index in [4.69, 9.17) is 17.1 Å². The predicted octanol–water partition coefficient (Wildman–Crippen LogP) is 4.12. The Labute approximate surface area is 171 Å². The molecule has 0 spiro atoms. The highest BCUT2D eigenvalue weighted by molar-refractivity contribution is 6.33. The van der Waals surface area contributed by atoms with Crippen LogP contribution in [0.4, 0.5) is 18.9 Å². The van der Waals surface area contributed by atoms with Crippen molar-refractivity contribution >= 4 is 23.2 Å². The van der Waals surface area contributed by atoms with E-state index >= 15 is 0 Å². The summed E-state index contributed by atoms with van der Waals surface area (Å²) in [7, 11) is 0. The summed E-state index contributed by atoms with van der Waals surface area (Å²) in [6.45, 7) is 0.196. The number of aromatic nitrogens is 3. The van der Waals surface area contributed by atoms with Gasteiger partial charge in [-0.1, -0.05) is 11.6 Å². The molecule has 0 radical (unpaired) electrons. The summed E-state index contributed by atoms with van der Waals surface area (Å²) < 4.78 is 41.9. The van der Waals surface area contributed by atoms with Gasteiger partial charge in [-0.3, -0.25) is 4.79 Å². The number of nitrogens with one attached hydrogen (secondary N) is 2. The van der Waals surface area contributed by atoms with E-state index in [9.17, 15) is 18.0 Å². The van der Waals surface area contributed by atoms with E-state index in [2.05, 4.69) is 30.2 Å². The number of hydrogen-bond donors (Lipinski definition) is 2. The minimum Gasteiger partial charge on any atom is -0.406 e. The first-order valence-corrected chi connectivity index (χ1v) is 8.55. The highest BCUT2D eigenvalue weighted by Gasteiger charge is 2.31. The molecule has 13 heteroatoms. The van der Waals surface area contributed by atoms with Crippen LogP contribution in [0.25, 0.3) is 5.69 Å². The van der Waals surface area contributed by atoms with Crippen LogP contribution in [0.5, 0.6) is 5.75 Å². The Kier molecular flexibility index (Phi) is 6.09. The Morgan fingerprint density at radius 1 is 1.27 bits per heavy atom. The van der Waals surface area contributed by atoms with Gasteiger partial charge in [0.1, 0.15) is 17.6 Å². The summed E-state index contributed by atoms with van der Waals surface area (Å²) in [6.07, 6.45) is -3.35. The smallest absolute Gasteiger partial charge is 0.406 e. The molecular formula is C17H12ClF3N7O2+. The molecule has 2 N–H and O–H groups in total. The van der Waals surface area contributed by atoms with Crippen LogP contribution in [0.1, 0.15) is 16.2 Å². The van der Waals surface area contributed by atoms with Crippen LogP contribution in [0.15, 0.2) is 53.9 Å². The quantitative estimate of drug-likeness (QED) is 0.443. The molecule has 0 saturated heterocycles. The van der Waals surface area contributed by atoms with Gasteiger partial charge < -0.3 is 10.1 Å². The van der Waals surface area contributed by atoms with E-state index in [0.29, 0.717) is 17.2 Å². The fourth-order valence-corrected chi connectivity index (χ4v) is 2.62. The van der Waals surface area contributed by atoms with Crippen LogP contribution >= 0.6 is 11.6 Å². The number of ether oxygens (including phenoxy) is 1. The van der Waals surface area contributed by atoms with Crippen LogP contribution < -0.4 is 15.0 Å². The number of hydrogen-bond acceptors (Lipinski definition) is 6. The molecule has 154 valence electrons. The van der Waals surface area contributed by atoms with Gasteiger partial charge in [-0.2, -0.15) is 0 Å². The van der Waals surface area contributed by atoms with Crippen molar-refractivity contribution in [2.75, 3.05) is 5.32 Å². The Morgan fingerprint density at radius 3 is 2.63 bits per heavy atom. The summed E-state index contributed by atoms with van der Waals surface area (Å²) in [5.74, 6) is -0.635. The summed E-state index contributed by atoms with van der Waals surface area (Å²) in [5.41, 5.74) is 7.76. The molecular weight excluding hydrogens is 427 g/mol. The fraction of sp³-hybridized carbons (Fsp3) is 0.118. The van der Waals surface area contributed by atoms with Gasteiger partial charge in [0.15, 0.2) is 5.82 Å². The molecule has 9 nitrogen and oxygen atoms in total. The van der Waals surface area contributed by atoms with Crippen molar-refractivity contribution in [3.8, 4) is 11.4 Å². The first kappa shape index (κ1) is 21.0. The molecule has 1 amide bonds. The third kappa shape index (κ3) is 5.40. The molecule has 1 aromatic heterocycles. The Bertz CT molecular complexity index is 1110. The molecule has 3 rings (SSSR count). The zero-order chi connectivity index (χ0) is 21.7. The van der Waals surface area contributed by atoms with E-state index in [1.165, 1.54) is 47.4 Å². The molecule has 0 unspecified atom stereocenters. The van der Waals surface area contributed by atoms with Gasteiger partial charge in [0.25, 0.3) is 0 Å². The Hall–Kier alpha value is -3.76. The molecule has 0 aliphatic heterocycles. The lowest BCUT2D eigenvalue weighted by Gasteiger charge is -2.09. The lowest BCUT2D eigenvalue weighted by molar-refractivity contribution is -0.274. The van der Waals surface area contributed by atoms with E-state index in [1.807, 2.05) is 0 Å². The number of anilines is 1. The first-order valence-electron chi connectivity index (χ1n) is 8.17. The topological polar surface area (TPSA) is 119 Å². The normalized spacial score (nSPS) is 10.9. The lowest BCUT2D eigenvalue weighted by Crippen LogP contribution is -2.17. The summed E-state index contributed by atoms with van der Waals surface area (Å²) in [5, 5.41) is 10.6. The average Bonchev–Trinajstić information content (AvgIpc) is 3.15. The van der Waals surface area contributed by atoms with Crippen LogP contribution in [0.3, 0.4) is 0 Å². The summed E-state index contributed by atoms with van der Waals surface area (Å²) in [6, 6.07) is 9.59. The van der Waals surface area contributed by atoms with Gasteiger partial charge in [0.05, 0.1) is 28.5 Å². The molecule has 0 atom stereocenters. The summed E-state index contributed by atoms with van der Waals surface area (Å²) in [4.78, 5) is 18.4. The second kappa shape index (κ2) is 8.72. The number of alkyl halides is 3. The zero-order valence-corrected chi connectivity index (χ0v) is 15.6. The molecule has 0 bridgehead atoms. The highest BCUT2D eigenvalue weighted by atomic mass is 35.5. The second-order valence-electron chi connectivity index (χ2n) is 5.70. The van der Waals surface area contributed by atoms with Gasteiger partial charge in [0, 0.05) is 0 Å². The van der Waals surface area contributed by atoms with Gasteiger partial charge in [-0.05, 0) is 42.5 Å². The molecule has 1 heterocycles. The number of carbonyl (C=O) groups is 1. The number of amides is 1. The van der Waals surface area contributed by atoms with Crippen LogP contribution in [-0.2, 0) is 6.54 Å². The van der Waals surface area contributed by atoms with E-state index in [0.717, 1.165) is 0 Å². The van der Waals surface area contributed by atoms with Gasteiger partial charge in [-0.15, -0.1) is 18.3 Å². The minimum absolute atomic E-state index is 0.182. The van der Waals surface area contributed by atoms with Crippen molar-refractivity contribution in [3.05, 3.63) is 65.2 Å². The molecule has 0 fully saturated rings. The zero-order valence-electron chi connectivity index (χ0n) is 14.9. The molecule has 2 aromatic carbocycles. The maximum absolute atomic E-state index is 12.2. The lowest BCUT2D eigenvalue weighted by atomic mass is 10.2. The monoisotopic (exact) mass is 438 g/mol. The minimum atomic E-state index is -4.76. The SMILES string of the molecule is N=[N+]=NC(=O)c1ccc(NCc2ncn(-c3ccc(OC(F)(F)F)cc3)n2)c(Cl)c1. The van der Waals surface area contributed by atoms with Crippen molar-refractivity contribution in [3.63, 3.8) is 0 Å². The molecule has 0 saturated carbocycles. The maximum atomic E-state index is 12.2. The number of rotatable bonds is 6. The third-order valence-corrected chi connectivity index (χ3v) is 3.98. The van der Waals surface area contributed by atoms with E-state index in [1.54, 1.807) is 6.07 Å². The van der Waals surface area contributed by atoms with Gasteiger partial charge in [0.2, 0.25) is 10.0 Å². The van der Waals surface area contributed by atoms with Gasteiger partial charge in [-0.25, -0.2) is 9.67 Å². The molecule has 0 aliphatic rings. The first-order chi connectivity index (χ1) is 14.2. The van der Waals surface area contributed by atoms with Crippen LogP contribution in [0, 0.1) is 5.53 Å². The van der Waals surface area contributed by atoms with Crippen molar-refractivity contribution in [1.82, 2.24) is 19.7 Å². The second-order valence-corrected chi connectivity index (χ2v) is 6.11. The predicted molar refractivity (Wildman–Crippen MR) is 98.4 cm³/mol.